The van der Waals surface area contributed by atoms with Crippen LogP contribution in [-0.2, 0) is 14.5 Å². The Kier molecular flexibility index (Phi) is 8.52. The lowest BCUT2D eigenvalue weighted by atomic mass is 10.0. The van der Waals surface area contributed by atoms with Gasteiger partial charge in [-0.15, -0.1) is 0 Å². The first-order valence-corrected chi connectivity index (χ1v) is 7.07. The summed E-state index contributed by atoms with van der Waals surface area (Å²) in [6.45, 7) is 7.66. The molecule has 0 heterocycles. The SMILES string of the molecule is CNOC(C)=C(C)C(C)=CC(C(=O)N(C)OC)=C(C)N(C)C. The standard InChI is InChI=1S/C16H29N3O3/c1-11(12(2)14(4)22-17-5)10-15(13(3)18(6)7)16(20)19(8)21-9/h10,17H,1-9H3. The van der Waals surface area contributed by atoms with Gasteiger partial charge in [0, 0.05) is 33.9 Å². The van der Waals surface area contributed by atoms with Gasteiger partial charge in [0.2, 0.25) is 0 Å². The van der Waals surface area contributed by atoms with Crippen molar-refractivity contribution >= 4 is 5.91 Å². The van der Waals surface area contributed by atoms with E-state index in [1.807, 2.05) is 52.8 Å². The number of allylic oxidation sites excluding steroid dienone is 4. The second-order valence-electron chi connectivity index (χ2n) is 5.19. The predicted molar refractivity (Wildman–Crippen MR) is 88.4 cm³/mol. The van der Waals surface area contributed by atoms with E-state index in [0.717, 1.165) is 22.6 Å². The summed E-state index contributed by atoms with van der Waals surface area (Å²) >= 11 is 0. The Balaban J connectivity index is 5.86. The van der Waals surface area contributed by atoms with E-state index in [9.17, 15) is 4.79 Å². The highest BCUT2D eigenvalue weighted by atomic mass is 16.7. The maximum atomic E-state index is 12.5. The van der Waals surface area contributed by atoms with Crippen molar-refractivity contribution in [3.63, 3.8) is 0 Å². The molecule has 126 valence electrons. The molecule has 0 saturated heterocycles. The lowest BCUT2D eigenvalue weighted by Crippen LogP contribution is -2.28. The number of hydrogen-bond acceptors (Lipinski definition) is 5. The van der Waals surface area contributed by atoms with Crippen LogP contribution in [0.5, 0.6) is 0 Å². The molecule has 1 amide bonds. The zero-order valence-corrected chi connectivity index (χ0v) is 15.2. The van der Waals surface area contributed by atoms with Crippen molar-refractivity contribution in [1.29, 1.82) is 0 Å². The van der Waals surface area contributed by atoms with Crippen molar-refractivity contribution in [2.24, 2.45) is 0 Å². The molecule has 0 spiro atoms. The van der Waals surface area contributed by atoms with Crippen molar-refractivity contribution in [3.8, 4) is 0 Å². The quantitative estimate of drug-likeness (QED) is 0.338. The number of amides is 1. The molecule has 0 fully saturated rings. The van der Waals surface area contributed by atoms with E-state index in [2.05, 4.69) is 5.48 Å². The van der Waals surface area contributed by atoms with Gasteiger partial charge in [0.25, 0.3) is 5.91 Å². The molecule has 0 aliphatic rings. The summed E-state index contributed by atoms with van der Waals surface area (Å²) in [5.74, 6) is 0.554. The van der Waals surface area contributed by atoms with Gasteiger partial charge in [-0.3, -0.25) is 9.63 Å². The van der Waals surface area contributed by atoms with Crippen LogP contribution in [0.3, 0.4) is 0 Å². The highest BCUT2D eigenvalue weighted by Gasteiger charge is 2.17. The molecule has 0 aromatic rings. The summed E-state index contributed by atoms with van der Waals surface area (Å²) in [7, 11) is 8.56. The molecular weight excluding hydrogens is 282 g/mol. The molecule has 0 radical (unpaired) electrons. The molecule has 0 rings (SSSR count). The van der Waals surface area contributed by atoms with Crippen molar-refractivity contribution < 1.29 is 14.5 Å². The van der Waals surface area contributed by atoms with Crippen LogP contribution in [0.4, 0.5) is 0 Å². The normalized spacial score (nSPS) is 14.1. The Bertz CT molecular complexity index is 491. The van der Waals surface area contributed by atoms with Crippen LogP contribution in [0.2, 0.25) is 0 Å². The summed E-state index contributed by atoms with van der Waals surface area (Å²) < 4.78 is 0. The summed E-state index contributed by atoms with van der Waals surface area (Å²) in [6.07, 6.45) is 1.85. The third-order valence-electron chi connectivity index (χ3n) is 3.59. The smallest absolute Gasteiger partial charge is 0.278 e. The number of nitrogens with zero attached hydrogens (tertiary/aromatic N) is 2. The van der Waals surface area contributed by atoms with Gasteiger partial charge in [-0.25, -0.2) is 5.06 Å². The second-order valence-corrected chi connectivity index (χ2v) is 5.19. The Morgan fingerprint density at radius 3 is 2.05 bits per heavy atom. The van der Waals surface area contributed by atoms with Gasteiger partial charge in [-0.1, -0.05) is 0 Å². The van der Waals surface area contributed by atoms with Crippen molar-refractivity contribution in [1.82, 2.24) is 15.4 Å². The zero-order chi connectivity index (χ0) is 17.4. The van der Waals surface area contributed by atoms with Crippen LogP contribution in [0.15, 0.2) is 34.3 Å². The molecule has 0 aromatic heterocycles. The molecule has 6 nitrogen and oxygen atoms in total. The molecule has 0 saturated carbocycles. The van der Waals surface area contributed by atoms with Gasteiger partial charge in [-0.05, 0) is 44.9 Å². The lowest BCUT2D eigenvalue weighted by molar-refractivity contribution is -0.163. The summed E-state index contributed by atoms with van der Waals surface area (Å²) in [6, 6.07) is 0. The molecule has 0 bridgehead atoms. The number of hydroxylamine groups is 3. The minimum atomic E-state index is -0.201. The third-order valence-corrected chi connectivity index (χ3v) is 3.59. The Hall–Kier alpha value is -1.79. The molecule has 22 heavy (non-hydrogen) atoms. The van der Waals surface area contributed by atoms with Crippen LogP contribution in [-0.4, -0.2) is 51.2 Å². The van der Waals surface area contributed by atoms with E-state index in [1.54, 1.807) is 14.1 Å². The highest BCUT2D eigenvalue weighted by Crippen LogP contribution is 2.20. The number of rotatable bonds is 7. The zero-order valence-electron chi connectivity index (χ0n) is 15.2. The van der Waals surface area contributed by atoms with E-state index < -0.39 is 0 Å². The minimum Gasteiger partial charge on any atom is -0.413 e. The fraction of sp³-hybridized carbons (Fsp3) is 0.562. The second kappa shape index (κ2) is 9.27. The average molecular weight is 311 g/mol. The van der Waals surface area contributed by atoms with Gasteiger partial charge in [-0.2, -0.15) is 5.48 Å². The highest BCUT2D eigenvalue weighted by molar-refractivity contribution is 5.96. The van der Waals surface area contributed by atoms with Crippen LogP contribution >= 0.6 is 0 Å². The van der Waals surface area contributed by atoms with E-state index in [-0.39, 0.29) is 5.91 Å². The largest absolute Gasteiger partial charge is 0.413 e. The van der Waals surface area contributed by atoms with E-state index in [0.29, 0.717) is 5.57 Å². The number of carbonyl (C=O) groups is 1. The molecule has 6 heteroatoms. The molecule has 1 N–H and O–H groups in total. The number of carbonyl (C=O) groups excluding carboxylic acids is 1. The summed E-state index contributed by atoms with van der Waals surface area (Å²) in [5, 5.41) is 1.21. The average Bonchev–Trinajstić information content (AvgIpc) is 2.49. The Morgan fingerprint density at radius 1 is 1.09 bits per heavy atom. The van der Waals surface area contributed by atoms with Crippen molar-refractivity contribution in [2.75, 3.05) is 35.3 Å². The van der Waals surface area contributed by atoms with Crippen molar-refractivity contribution in [2.45, 2.75) is 27.7 Å². The number of nitrogens with one attached hydrogen (secondary N) is 1. The third kappa shape index (κ3) is 5.54. The first kappa shape index (κ1) is 20.2. The fourth-order valence-corrected chi connectivity index (χ4v) is 1.65. The fourth-order valence-electron chi connectivity index (χ4n) is 1.65. The van der Waals surface area contributed by atoms with E-state index >= 15 is 0 Å². The van der Waals surface area contributed by atoms with Gasteiger partial charge in [0.05, 0.1) is 12.7 Å². The van der Waals surface area contributed by atoms with Crippen LogP contribution in [0.1, 0.15) is 27.7 Å². The maximum absolute atomic E-state index is 12.5. The van der Waals surface area contributed by atoms with Crippen LogP contribution in [0, 0.1) is 0 Å². The molecule has 0 unspecified atom stereocenters. The molecule has 0 aliphatic carbocycles. The lowest BCUT2D eigenvalue weighted by Gasteiger charge is -2.21. The maximum Gasteiger partial charge on any atom is 0.278 e. The van der Waals surface area contributed by atoms with E-state index in [4.69, 9.17) is 9.68 Å². The van der Waals surface area contributed by atoms with Gasteiger partial charge in [0.15, 0.2) is 0 Å². The van der Waals surface area contributed by atoms with E-state index in [1.165, 1.54) is 12.2 Å². The van der Waals surface area contributed by atoms with Gasteiger partial charge in [0.1, 0.15) is 5.76 Å². The van der Waals surface area contributed by atoms with Crippen molar-refractivity contribution in [3.05, 3.63) is 34.3 Å². The Labute approximate surface area is 134 Å². The van der Waals surface area contributed by atoms with Gasteiger partial charge >= 0.3 is 0 Å². The molecule has 0 aromatic carbocycles. The first-order chi connectivity index (χ1) is 10.2. The first-order valence-electron chi connectivity index (χ1n) is 7.07. The minimum absolute atomic E-state index is 0.201. The van der Waals surface area contributed by atoms with Crippen LogP contribution < -0.4 is 5.48 Å². The molecule has 0 aliphatic heterocycles. The molecular formula is C16H29N3O3. The number of likely N-dealkylation sites (N-methyl/N-ethyl adjacent to an activating group) is 1. The topological polar surface area (TPSA) is 54.0 Å². The number of hydrogen-bond donors (Lipinski definition) is 1. The van der Waals surface area contributed by atoms with Crippen LogP contribution in [0.25, 0.3) is 0 Å². The Morgan fingerprint density at radius 2 is 1.64 bits per heavy atom. The summed E-state index contributed by atoms with van der Waals surface area (Å²) in [5.41, 5.74) is 5.98. The molecule has 0 atom stereocenters. The summed E-state index contributed by atoms with van der Waals surface area (Å²) in [4.78, 5) is 24.7. The monoisotopic (exact) mass is 311 g/mol. The predicted octanol–water partition coefficient (Wildman–Crippen LogP) is 2.23. The van der Waals surface area contributed by atoms with Gasteiger partial charge < -0.3 is 9.74 Å².